The average Bonchev–Trinajstić information content (AvgIpc) is 2.78. The number of rotatable bonds is 3. The Morgan fingerprint density at radius 1 is 1.23 bits per heavy atom. The second kappa shape index (κ2) is 5.69. The minimum atomic E-state index is 0.260. The van der Waals surface area contributed by atoms with Crippen molar-refractivity contribution in [1.82, 2.24) is 10.6 Å². The fourth-order valence-corrected chi connectivity index (χ4v) is 4.65. The maximum absolute atomic E-state index is 12.4. The molecule has 4 rings (SSSR count). The Hall–Kier alpha value is -1.35. The molecule has 0 unspecified atom stereocenters. The van der Waals surface area contributed by atoms with Crippen LogP contribution in [0.1, 0.15) is 62.0 Å². The second-order valence-electron chi connectivity index (χ2n) is 7.42. The van der Waals surface area contributed by atoms with Crippen LogP contribution in [0, 0.1) is 0 Å². The van der Waals surface area contributed by atoms with E-state index in [4.69, 9.17) is 0 Å². The van der Waals surface area contributed by atoms with Gasteiger partial charge in [0, 0.05) is 12.5 Å². The van der Waals surface area contributed by atoms with Crippen molar-refractivity contribution in [2.24, 2.45) is 0 Å². The topological polar surface area (TPSA) is 41.1 Å². The van der Waals surface area contributed by atoms with Gasteiger partial charge in [0.05, 0.1) is 0 Å². The third kappa shape index (κ3) is 2.45. The van der Waals surface area contributed by atoms with Crippen LogP contribution in [0.3, 0.4) is 0 Å². The third-order valence-corrected chi connectivity index (χ3v) is 6.07. The van der Waals surface area contributed by atoms with E-state index in [0.29, 0.717) is 23.8 Å². The predicted molar refractivity (Wildman–Crippen MR) is 88.0 cm³/mol. The van der Waals surface area contributed by atoms with Crippen molar-refractivity contribution in [3.05, 3.63) is 35.4 Å². The zero-order valence-electron chi connectivity index (χ0n) is 13.2. The third-order valence-electron chi connectivity index (χ3n) is 6.07. The van der Waals surface area contributed by atoms with Gasteiger partial charge in [0.1, 0.15) is 0 Å². The Balaban J connectivity index is 1.52. The van der Waals surface area contributed by atoms with E-state index < -0.39 is 0 Å². The molecular formula is C19H26N2O. The molecule has 2 N–H and O–H groups in total. The van der Waals surface area contributed by atoms with Gasteiger partial charge in [-0.15, -0.1) is 0 Å². The summed E-state index contributed by atoms with van der Waals surface area (Å²) in [4.78, 5) is 12.4. The molecule has 0 aromatic heterocycles. The number of benzene rings is 1. The first kappa shape index (κ1) is 14.3. The van der Waals surface area contributed by atoms with Crippen molar-refractivity contribution in [2.45, 2.75) is 62.3 Å². The molecule has 1 spiro atoms. The summed E-state index contributed by atoms with van der Waals surface area (Å²) < 4.78 is 0. The van der Waals surface area contributed by atoms with E-state index in [1.807, 2.05) is 0 Å². The normalized spacial score (nSPS) is 26.5. The van der Waals surface area contributed by atoms with Crippen molar-refractivity contribution >= 4 is 5.91 Å². The van der Waals surface area contributed by atoms with E-state index >= 15 is 0 Å². The highest BCUT2D eigenvalue weighted by Crippen LogP contribution is 2.51. The number of nitrogens with one attached hydrogen (secondary N) is 2. The van der Waals surface area contributed by atoms with Crippen LogP contribution in [-0.2, 0) is 10.2 Å². The molecule has 1 saturated heterocycles. The molecule has 22 heavy (non-hydrogen) atoms. The lowest BCUT2D eigenvalue weighted by Crippen LogP contribution is -2.40. The van der Waals surface area contributed by atoms with Gasteiger partial charge >= 0.3 is 0 Å². The SMILES string of the molecule is O=C(C[C@@H]1CC2(CCNCC2)c2ccccc21)NC1CCC1. The number of hydrogen-bond donors (Lipinski definition) is 2. The van der Waals surface area contributed by atoms with Gasteiger partial charge in [0.15, 0.2) is 0 Å². The van der Waals surface area contributed by atoms with Crippen LogP contribution in [0.2, 0.25) is 0 Å². The first-order chi connectivity index (χ1) is 10.8. The van der Waals surface area contributed by atoms with Crippen LogP contribution in [0.5, 0.6) is 0 Å². The molecule has 1 saturated carbocycles. The maximum atomic E-state index is 12.4. The van der Waals surface area contributed by atoms with Gasteiger partial charge in [0.25, 0.3) is 0 Å². The summed E-state index contributed by atoms with van der Waals surface area (Å²) >= 11 is 0. The summed E-state index contributed by atoms with van der Waals surface area (Å²) in [7, 11) is 0. The Morgan fingerprint density at radius 2 is 2.00 bits per heavy atom. The highest BCUT2D eigenvalue weighted by molar-refractivity contribution is 5.77. The van der Waals surface area contributed by atoms with Crippen molar-refractivity contribution < 1.29 is 4.79 Å². The molecule has 1 aliphatic heterocycles. The van der Waals surface area contributed by atoms with Gasteiger partial charge in [-0.05, 0) is 74.1 Å². The predicted octanol–water partition coefficient (Wildman–Crippen LogP) is 2.85. The summed E-state index contributed by atoms with van der Waals surface area (Å²) in [6.07, 6.45) is 7.86. The molecule has 1 aromatic rings. The fraction of sp³-hybridized carbons (Fsp3) is 0.632. The Labute approximate surface area is 132 Å². The monoisotopic (exact) mass is 298 g/mol. The summed E-state index contributed by atoms with van der Waals surface area (Å²) in [5.74, 6) is 0.671. The van der Waals surface area contributed by atoms with Crippen molar-refractivity contribution in [1.29, 1.82) is 0 Å². The van der Waals surface area contributed by atoms with E-state index in [-0.39, 0.29) is 5.91 Å². The number of amides is 1. The van der Waals surface area contributed by atoms with E-state index in [0.717, 1.165) is 19.5 Å². The quantitative estimate of drug-likeness (QED) is 0.901. The Morgan fingerprint density at radius 3 is 2.73 bits per heavy atom. The summed E-state index contributed by atoms with van der Waals surface area (Å²) in [6.45, 7) is 2.21. The smallest absolute Gasteiger partial charge is 0.220 e. The number of piperidine rings is 1. The molecule has 1 heterocycles. The highest BCUT2D eigenvalue weighted by Gasteiger charge is 2.44. The van der Waals surface area contributed by atoms with Gasteiger partial charge in [-0.25, -0.2) is 0 Å². The molecule has 3 heteroatoms. The molecule has 0 radical (unpaired) electrons. The number of carbonyl (C=O) groups excluding carboxylic acids is 1. The summed E-state index contributed by atoms with van der Waals surface area (Å²) in [6, 6.07) is 9.32. The molecule has 2 fully saturated rings. The largest absolute Gasteiger partial charge is 0.353 e. The minimum Gasteiger partial charge on any atom is -0.353 e. The fourth-order valence-electron chi connectivity index (χ4n) is 4.65. The van der Waals surface area contributed by atoms with Crippen LogP contribution in [0.25, 0.3) is 0 Å². The van der Waals surface area contributed by atoms with Gasteiger partial charge in [-0.3, -0.25) is 4.79 Å². The van der Waals surface area contributed by atoms with Gasteiger partial charge in [0.2, 0.25) is 5.91 Å². The van der Waals surface area contributed by atoms with Crippen LogP contribution in [-0.4, -0.2) is 25.0 Å². The molecule has 3 aliphatic rings. The standard InChI is InChI=1S/C19H26N2O/c22-18(21-15-4-3-5-15)12-14-13-19(8-10-20-11-9-19)17-7-2-1-6-16(14)17/h1-2,6-7,14-15,20H,3-5,8-13H2,(H,21,22)/t14-/m1/s1. The summed E-state index contributed by atoms with van der Waals surface area (Å²) in [5, 5.41) is 6.70. The number of carbonyl (C=O) groups is 1. The van der Waals surface area contributed by atoms with E-state index in [2.05, 4.69) is 34.9 Å². The molecule has 2 aliphatic carbocycles. The van der Waals surface area contributed by atoms with Crippen LogP contribution < -0.4 is 10.6 Å². The first-order valence-corrected chi connectivity index (χ1v) is 8.86. The maximum Gasteiger partial charge on any atom is 0.220 e. The molecular weight excluding hydrogens is 272 g/mol. The van der Waals surface area contributed by atoms with Crippen molar-refractivity contribution in [2.75, 3.05) is 13.1 Å². The first-order valence-electron chi connectivity index (χ1n) is 8.86. The molecule has 1 aromatic carbocycles. The molecule has 1 amide bonds. The molecule has 118 valence electrons. The van der Waals surface area contributed by atoms with Gasteiger partial charge in [-0.1, -0.05) is 24.3 Å². The van der Waals surface area contributed by atoms with E-state index in [1.54, 1.807) is 0 Å². The van der Waals surface area contributed by atoms with Gasteiger partial charge in [-0.2, -0.15) is 0 Å². The molecule has 3 nitrogen and oxygen atoms in total. The van der Waals surface area contributed by atoms with Crippen LogP contribution >= 0.6 is 0 Å². The highest BCUT2D eigenvalue weighted by atomic mass is 16.1. The lowest BCUT2D eigenvalue weighted by atomic mass is 9.73. The van der Waals surface area contributed by atoms with Crippen LogP contribution in [0.15, 0.2) is 24.3 Å². The molecule has 0 bridgehead atoms. The lowest BCUT2D eigenvalue weighted by molar-refractivity contribution is -0.122. The number of hydrogen-bond acceptors (Lipinski definition) is 2. The Bertz CT molecular complexity index is 558. The Kier molecular flexibility index (Phi) is 3.69. The van der Waals surface area contributed by atoms with Gasteiger partial charge < -0.3 is 10.6 Å². The van der Waals surface area contributed by atoms with E-state index in [9.17, 15) is 4.79 Å². The van der Waals surface area contributed by atoms with Crippen molar-refractivity contribution in [3.8, 4) is 0 Å². The van der Waals surface area contributed by atoms with Crippen LogP contribution in [0.4, 0.5) is 0 Å². The number of fused-ring (bicyclic) bond motifs is 2. The molecule has 1 atom stereocenters. The van der Waals surface area contributed by atoms with Crippen molar-refractivity contribution in [3.63, 3.8) is 0 Å². The van der Waals surface area contributed by atoms with E-state index in [1.165, 1.54) is 43.2 Å². The summed E-state index contributed by atoms with van der Waals surface area (Å²) in [5.41, 5.74) is 3.29. The zero-order valence-corrected chi connectivity index (χ0v) is 13.2. The second-order valence-corrected chi connectivity index (χ2v) is 7.42. The zero-order chi connectivity index (χ0) is 15.0. The average molecular weight is 298 g/mol. The minimum absolute atomic E-state index is 0.260. The lowest BCUT2D eigenvalue weighted by Gasteiger charge is -2.35.